The molecule has 1 aliphatic heterocycles. The first-order chi connectivity index (χ1) is 8.83. The predicted octanol–water partition coefficient (Wildman–Crippen LogP) is 2.94. The van der Waals surface area contributed by atoms with Crippen LogP contribution in [0.4, 0.5) is 4.79 Å². The number of hydrogen-bond acceptors (Lipinski definition) is 3. The number of rotatable bonds is 5. The molecule has 0 saturated carbocycles. The highest BCUT2D eigenvalue weighted by Crippen LogP contribution is 2.23. The monoisotopic (exact) mass is 268 g/mol. The molecule has 2 atom stereocenters. The molecule has 1 heterocycles. The van der Waals surface area contributed by atoms with Crippen molar-refractivity contribution >= 4 is 6.09 Å². The fourth-order valence-electron chi connectivity index (χ4n) is 2.42. The van der Waals surface area contributed by atoms with Crippen LogP contribution in [0, 0.1) is 0 Å². The molecule has 19 heavy (non-hydrogen) atoms. The second-order valence-electron chi connectivity index (χ2n) is 6.30. The van der Waals surface area contributed by atoms with Crippen LogP contribution in [-0.4, -0.2) is 41.8 Å². The maximum Gasteiger partial charge on any atom is 0.410 e. The van der Waals surface area contributed by atoms with Crippen LogP contribution in [0.1, 0.15) is 47.0 Å². The summed E-state index contributed by atoms with van der Waals surface area (Å²) < 4.78 is 5.47. The van der Waals surface area contributed by atoms with E-state index < -0.39 is 5.60 Å². The van der Waals surface area contributed by atoms with E-state index in [9.17, 15) is 4.79 Å². The molecule has 110 valence electrons. The normalized spacial score (nSPS) is 21.3. The van der Waals surface area contributed by atoms with Crippen molar-refractivity contribution in [2.75, 3.05) is 13.1 Å². The van der Waals surface area contributed by atoms with Crippen LogP contribution in [0.2, 0.25) is 0 Å². The highest BCUT2D eigenvalue weighted by atomic mass is 16.6. The Labute approximate surface area is 117 Å². The standard InChI is InChI=1S/C15H28N2O2/c1-6-9-16-12(2)11-13-8-7-10-17(13)14(18)19-15(3,4)5/h6,12-13,16H,1,7-11H2,2-5H3. The number of likely N-dealkylation sites (tertiary alicyclic amines) is 1. The first-order valence-corrected chi connectivity index (χ1v) is 7.17. The summed E-state index contributed by atoms with van der Waals surface area (Å²) in [6.45, 7) is 13.2. The van der Waals surface area contributed by atoms with E-state index in [1.807, 2.05) is 31.7 Å². The van der Waals surface area contributed by atoms with Crippen molar-refractivity contribution in [2.24, 2.45) is 0 Å². The molecular weight excluding hydrogens is 240 g/mol. The fourth-order valence-corrected chi connectivity index (χ4v) is 2.42. The van der Waals surface area contributed by atoms with Gasteiger partial charge in [-0.15, -0.1) is 6.58 Å². The Balaban J connectivity index is 2.49. The van der Waals surface area contributed by atoms with Crippen LogP contribution in [0.5, 0.6) is 0 Å². The number of carbonyl (C=O) groups excluding carboxylic acids is 1. The lowest BCUT2D eigenvalue weighted by Crippen LogP contribution is -2.42. The summed E-state index contributed by atoms with van der Waals surface area (Å²) in [6, 6.07) is 0.674. The van der Waals surface area contributed by atoms with Gasteiger partial charge >= 0.3 is 6.09 Å². The van der Waals surface area contributed by atoms with Crippen molar-refractivity contribution in [1.82, 2.24) is 10.2 Å². The molecule has 0 aromatic heterocycles. The van der Waals surface area contributed by atoms with E-state index in [4.69, 9.17) is 4.74 Å². The number of hydrogen-bond donors (Lipinski definition) is 1. The lowest BCUT2D eigenvalue weighted by Gasteiger charge is -2.30. The Bertz CT molecular complexity index is 310. The third kappa shape index (κ3) is 5.64. The van der Waals surface area contributed by atoms with Gasteiger partial charge in [0, 0.05) is 25.2 Å². The van der Waals surface area contributed by atoms with Gasteiger partial charge in [0.1, 0.15) is 5.60 Å². The third-order valence-corrected chi connectivity index (χ3v) is 3.24. The summed E-state index contributed by atoms with van der Waals surface area (Å²) >= 11 is 0. The molecule has 4 heteroatoms. The fraction of sp³-hybridized carbons (Fsp3) is 0.800. The zero-order chi connectivity index (χ0) is 14.5. The van der Waals surface area contributed by atoms with Crippen LogP contribution in [0.3, 0.4) is 0 Å². The van der Waals surface area contributed by atoms with Crippen LogP contribution in [-0.2, 0) is 4.74 Å². The lowest BCUT2D eigenvalue weighted by atomic mass is 10.1. The zero-order valence-corrected chi connectivity index (χ0v) is 12.7. The minimum Gasteiger partial charge on any atom is -0.444 e. The molecule has 4 nitrogen and oxygen atoms in total. The minimum absolute atomic E-state index is 0.175. The van der Waals surface area contributed by atoms with E-state index in [2.05, 4.69) is 18.8 Å². The molecule has 1 saturated heterocycles. The Hall–Kier alpha value is -1.03. The molecule has 0 aliphatic carbocycles. The summed E-state index contributed by atoms with van der Waals surface area (Å²) in [7, 11) is 0. The average Bonchev–Trinajstić information content (AvgIpc) is 2.72. The van der Waals surface area contributed by atoms with Gasteiger partial charge in [0.2, 0.25) is 0 Å². The van der Waals surface area contributed by atoms with E-state index in [1.165, 1.54) is 0 Å². The molecule has 0 bridgehead atoms. The van der Waals surface area contributed by atoms with Crippen molar-refractivity contribution in [3.05, 3.63) is 12.7 Å². The van der Waals surface area contributed by atoms with Crippen LogP contribution >= 0.6 is 0 Å². The van der Waals surface area contributed by atoms with Crippen molar-refractivity contribution < 1.29 is 9.53 Å². The van der Waals surface area contributed by atoms with Gasteiger partial charge in [-0.3, -0.25) is 0 Å². The maximum atomic E-state index is 12.1. The Morgan fingerprint density at radius 2 is 2.26 bits per heavy atom. The maximum absolute atomic E-state index is 12.1. The topological polar surface area (TPSA) is 41.6 Å². The van der Waals surface area contributed by atoms with Crippen molar-refractivity contribution in [3.8, 4) is 0 Å². The van der Waals surface area contributed by atoms with Gasteiger partial charge in [-0.1, -0.05) is 6.08 Å². The molecule has 0 spiro atoms. The Morgan fingerprint density at radius 1 is 1.58 bits per heavy atom. The highest BCUT2D eigenvalue weighted by molar-refractivity contribution is 5.68. The highest BCUT2D eigenvalue weighted by Gasteiger charge is 2.32. The SMILES string of the molecule is C=CCNC(C)CC1CCCN1C(=O)OC(C)(C)C. The lowest BCUT2D eigenvalue weighted by molar-refractivity contribution is 0.0215. The van der Waals surface area contributed by atoms with Gasteiger partial charge < -0.3 is 15.0 Å². The first kappa shape index (κ1) is 16.0. The smallest absolute Gasteiger partial charge is 0.410 e. The largest absolute Gasteiger partial charge is 0.444 e. The van der Waals surface area contributed by atoms with Crippen LogP contribution in [0.25, 0.3) is 0 Å². The predicted molar refractivity (Wildman–Crippen MR) is 78.2 cm³/mol. The van der Waals surface area contributed by atoms with E-state index in [-0.39, 0.29) is 6.09 Å². The number of carbonyl (C=O) groups is 1. The van der Waals surface area contributed by atoms with Crippen molar-refractivity contribution in [2.45, 2.75) is 64.6 Å². The van der Waals surface area contributed by atoms with Gasteiger partial charge in [-0.25, -0.2) is 4.79 Å². The second kappa shape index (κ2) is 6.94. The molecule has 1 N–H and O–H groups in total. The molecule has 1 aliphatic rings. The quantitative estimate of drug-likeness (QED) is 0.779. The third-order valence-electron chi connectivity index (χ3n) is 3.24. The van der Waals surface area contributed by atoms with Crippen molar-refractivity contribution in [3.63, 3.8) is 0 Å². The van der Waals surface area contributed by atoms with Gasteiger partial charge in [-0.2, -0.15) is 0 Å². The summed E-state index contributed by atoms with van der Waals surface area (Å²) in [6.07, 6.45) is 4.78. The Kier molecular flexibility index (Phi) is 5.85. The van der Waals surface area contributed by atoms with E-state index >= 15 is 0 Å². The van der Waals surface area contributed by atoms with Crippen LogP contribution in [0.15, 0.2) is 12.7 Å². The number of nitrogens with zero attached hydrogens (tertiary/aromatic N) is 1. The molecule has 2 unspecified atom stereocenters. The molecule has 0 radical (unpaired) electrons. The molecule has 1 rings (SSSR count). The van der Waals surface area contributed by atoms with Gasteiger partial charge in [0.25, 0.3) is 0 Å². The summed E-state index contributed by atoms with van der Waals surface area (Å²) in [4.78, 5) is 14.0. The number of nitrogens with one attached hydrogen (secondary N) is 1. The Morgan fingerprint density at radius 3 is 2.84 bits per heavy atom. The molecule has 0 aromatic carbocycles. The first-order valence-electron chi connectivity index (χ1n) is 7.17. The minimum atomic E-state index is -0.420. The van der Waals surface area contributed by atoms with E-state index in [0.717, 1.165) is 32.4 Å². The van der Waals surface area contributed by atoms with Crippen molar-refractivity contribution in [1.29, 1.82) is 0 Å². The number of ether oxygens (including phenoxy) is 1. The zero-order valence-electron chi connectivity index (χ0n) is 12.7. The molecule has 1 fully saturated rings. The van der Waals surface area contributed by atoms with Crippen LogP contribution < -0.4 is 5.32 Å². The summed E-state index contributed by atoms with van der Waals surface area (Å²) in [5.41, 5.74) is -0.420. The number of amides is 1. The van der Waals surface area contributed by atoms with Gasteiger partial charge in [-0.05, 0) is 47.0 Å². The van der Waals surface area contributed by atoms with Gasteiger partial charge in [0.15, 0.2) is 0 Å². The summed E-state index contributed by atoms with van der Waals surface area (Å²) in [5, 5.41) is 3.37. The average molecular weight is 268 g/mol. The molecular formula is C15H28N2O2. The van der Waals surface area contributed by atoms with Gasteiger partial charge in [0.05, 0.1) is 0 Å². The van der Waals surface area contributed by atoms with E-state index in [1.54, 1.807) is 0 Å². The molecule has 0 aromatic rings. The van der Waals surface area contributed by atoms with E-state index in [0.29, 0.717) is 12.1 Å². The summed E-state index contributed by atoms with van der Waals surface area (Å²) in [5.74, 6) is 0. The molecule has 1 amide bonds. The second-order valence-corrected chi connectivity index (χ2v) is 6.30.